The number of nitrogens with zero attached hydrogens (tertiary/aromatic N) is 2. The smallest absolute Gasteiger partial charge is 0.408 e. The predicted octanol–water partition coefficient (Wildman–Crippen LogP) is 5.48. The van der Waals surface area contributed by atoms with E-state index in [1.54, 1.807) is 20.8 Å². The van der Waals surface area contributed by atoms with Gasteiger partial charge in [0.05, 0.1) is 17.9 Å². The van der Waals surface area contributed by atoms with E-state index in [4.69, 9.17) is 4.74 Å². The fourth-order valence-corrected chi connectivity index (χ4v) is 4.65. The molecule has 1 aliphatic heterocycles. The highest BCUT2D eigenvalue weighted by Crippen LogP contribution is 2.32. The summed E-state index contributed by atoms with van der Waals surface area (Å²) in [5, 5.41) is 2.83. The van der Waals surface area contributed by atoms with Gasteiger partial charge in [0.1, 0.15) is 17.5 Å². The minimum atomic E-state index is -0.742. The third kappa shape index (κ3) is 6.62. The van der Waals surface area contributed by atoms with Crippen LogP contribution in [0.2, 0.25) is 0 Å². The summed E-state index contributed by atoms with van der Waals surface area (Å²) in [6.07, 6.45) is 3.29. The van der Waals surface area contributed by atoms with Crippen molar-refractivity contribution >= 4 is 34.6 Å². The van der Waals surface area contributed by atoms with Crippen LogP contribution in [0.15, 0.2) is 60.8 Å². The van der Waals surface area contributed by atoms with Crippen molar-refractivity contribution in [3.05, 3.63) is 75.8 Å². The van der Waals surface area contributed by atoms with E-state index in [9.17, 15) is 9.59 Å². The number of aromatic amines is 1. The van der Waals surface area contributed by atoms with Gasteiger partial charge in [0.25, 0.3) is 0 Å². The zero-order valence-corrected chi connectivity index (χ0v) is 22.4. The molecule has 0 aliphatic carbocycles. The first-order chi connectivity index (χ1) is 16.7. The van der Waals surface area contributed by atoms with Gasteiger partial charge in [-0.05, 0) is 79.5 Å². The van der Waals surface area contributed by atoms with Crippen LogP contribution < -0.4 is 5.32 Å². The first-order valence-electron chi connectivity index (χ1n) is 11.8. The molecule has 0 bridgehead atoms. The van der Waals surface area contributed by atoms with E-state index in [0.717, 1.165) is 39.1 Å². The Morgan fingerprint density at radius 2 is 1.89 bits per heavy atom. The number of benzene rings is 2. The van der Waals surface area contributed by atoms with Gasteiger partial charge in [-0.25, -0.2) is 9.78 Å². The Hall–Kier alpha value is -2.88. The molecule has 4 rings (SSSR count). The summed E-state index contributed by atoms with van der Waals surface area (Å²) >= 11 is 2.25. The number of hydrogen-bond donors (Lipinski definition) is 2. The highest BCUT2D eigenvalue weighted by molar-refractivity contribution is 14.1. The molecule has 0 radical (unpaired) electrons. The molecule has 2 amide bonds. The average Bonchev–Trinajstić information content (AvgIpc) is 3.49. The number of aromatic nitrogens is 2. The molecule has 1 fully saturated rings. The SMILES string of the molecule is CC(C)(C)OC(=O)N[C@@H](Cc1ccc(I)cc1)C(=O)N1CCC[C@H]1c1ncc(-c2ccccc2)[nH]1. The predicted molar refractivity (Wildman–Crippen MR) is 144 cm³/mol. The van der Waals surface area contributed by atoms with Gasteiger partial charge in [-0.2, -0.15) is 0 Å². The number of halogens is 1. The van der Waals surface area contributed by atoms with Crippen molar-refractivity contribution in [2.24, 2.45) is 0 Å². The van der Waals surface area contributed by atoms with Gasteiger partial charge in [-0.15, -0.1) is 0 Å². The quantitative estimate of drug-likeness (QED) is 0.375. The molecule has 7 nitrogen and oxygen atoms in total. The zero-order valence-electron chi connectivity index (χ0n) is 20.3. The monoisotopic (exact) mass is 586 g/mol. The number of ether oxygens (including phenoxy) is 1. The number of carbonyl (C=O) groups excluding carboxylic acids is 2. The van der Waals surface area contributed by atoms with Crippen LogP contribution in [-0.4, -0.2) is 45.1 Å². The van der Waals surface area contributed by atoms with E-state index >= 15 is 0 Å². The highest BCUT2D eigenvalue weighted by atomic mass is 127. The van der Waals surface area contributed by atoms with Crippen LogP contribution in [0.4, 0.5) is 4.79 Å². The summed E-state index contributed by atoms with van der Waals surface area (Å²) < 4.78 is 6.57. The summed E-state index contributed by atoms with van der Waals surface area (Å²) in [5.74, 6) is 0.634. The molecule has 8 heteroatoms. The average molecular weight is 586 g/mol. The standard InChI is InChI=1S/C27H31IN4O3/c1-27(2,3)35-26(34)31-21(16-18-11-13-20(28)14-12-18)25(33)32-15-7-10-23(32)24-29-17-22(30-24)19-8-5-4-6-9-19/h4-6,8-9,11-14,17,21,23H,7,10,15-16H2,1-3H3,(H,29,30)(H,31,34)/t21-,23-/m0/s1. The van der Waals surface area contributed by atoms with Gasteiger partial charge >= 0.3 is 6.09 Å². The summed E-state index contributed by atoms with van der Waals surface area (Å²) in [7, 11) is 0. The van der Waals surface area contributed by atoms with Crippen LogP contribution in [-0.2, 0) is 16.0 Å². The first kappa shape index (κ1) is 25.2. The second-order valence-electron chi connectivity index (χ2n) is 9.77. The van der Waals surface area contributed by atoms with Crippen molar-refractivity contribution in [2.45, 2.75) is 57.7 Å². The number of rotatable bonds is 6. The molecule has 0 unspecified atom stereocenters. The molecule has 1 saturated heterocycles. The van der Waals surface area contributed by atoms with E-state index in [1.807, 2.05) is 65.7 Å². The van der Waals surface area contributed by atoms with Crippen LogP contribution >= 0.6 is 22.6 Å². The van der Waals surface area contributed by atoms with Gasteiger partial charge in [-0.1, -0.05) is 42.5 Å². The third-order valence-electron chi connectivity index (χ3n) is 5.87. The van der Waals surface area contributed by atoms with Crippen molar-refractivity contribution < 1.29 is 14.3 Å². The lowest BCUT2D eigenvalue weighted by molar-refractivity contribution is -0.134. The molecule has 2 atom stereocenters. The van der Waals surface area contributed by atoms with Crippen molar-refractivity contribution in [1.82, 2.24) is 20.2 Å². The molecule has 1 aliphatic rings. The molecule has 0 spiro atoms. The summed E-state index contributed by atoms with van der Waals surface area (Å²) in [5.41, 5.74) is 2.28. The molecule has 2 heterocycles. The Kier molecular flexibility index (Phi) is 7.78. The summed E-state index contributed by atoms with van der Waals surface area (Å²) in [6, 6.07) is 17.1. The van der Waals surface area contributed by atoms with Crippen molar-refractivity contribution in [1.29, 1.82) is 0 Å². The van der Waals surface area contributed by atoms with Gasteiger partial charge in [0.2, 0.25) is 5.91 Å². The number of hydrogen-bond acceptors (Lipinski definition) is 4. The number of nitrogens with one attached hydrogen (secondary N) is 2. The first-order valence-corrected chi connectivity index (χ1v) is 12.9. The maximum Gasteiger partial charge on any atom is 0.408 e. The van der Waals surface area contributed by atoms with Gasteiger partial charge in [-0.3, -0.25) is 4.79 Å². The zero-order chi connectivity index (χ0) is 25.0. The molecule has 2 N–H and O–H groups in total. The number of amides is 2. The molecule has 3 aromatic rings. The highest BCUT2D eigenvalue weighted by Gasteiger charge is 2.36. The molecule has 2 aromatic carbocycles. The fourth-order valence-electron chi connectivity index (χ4n) is 4.29. The van der Waals surface area contributed by atoms with E-state index in [1.165, 1.54) is 0 Å². The molecule has 35 heavy (non-hydrogen) atoms. The lowest BCUT2D eigenvalue weighted by Gasteiger charge is -2.29. The van der Waals surface area contributed by atoms with Crippen LogP contribution in [0.5, 0.6) is 0 Å². The van der Waals surface area contributed by atoms with Gasteiger partial charge < -0.3 is 19.9 Å². The van der Waals surface area contributed by atoms with Crippen LogP contribution in [0.1, 0.15) is 51.0 Å². The molecule has 1 aromatic heterocycles. The minimum absolute atomic E-state index is 0.130. The molecular weight excluding hydrogens is 555 g/mol. The van der Waals surface area contributed by atoms with E-state index in [-0.39, 0.29) is 11.9 Å². The minimum Gasteiger partial charge on any atom is -0.444 e. The number of H-pyrrole nitrogens is 1. The Labute approximate surface area is 219 Å². The van der Waals surface area contributed by atoms with Crippen LogP contribution in [0.3, 0.4) is 0 Å². The van der Waals surface area contributed by atoms with Gasteiger partial charge in [0, 0.05) is 16.5 Å². The summed E-state index contributed by atoms with van der Waals surface area (Å²) in [4.78, 5) is 36.3. The molecule has 184 valence electrons. The lowest BCUT2D eigenvalue weighted by atomic mass is 10.0. The van der Waals surface area contributed by atoms with E-state index < -0.39 is 17.7 Å². The number of alkyl carbamates (subject to hydrolysis) is 1. The Bertz CT molecular complexity index is 1160. The largest absolute Gasteiger partial charge is 0.444 e. The maximum absolute atomic E-state index is 13.8. The van der Waals surface area contributed by atoms with Crippen molar-refractivity contribution in [3.63, 3.8) is 0 Å². The topological polar surface area (TPSA) is 87.3 Å². The molecule has 0 saturated carbocycles. The normalized spacial score (nSPS) is 16.7. The summed E-state index contributed by atoms with van der Waals surface area (Å²) in [6.45, 7) is 6.03. The van der Waals surface area contributed by atoms with Crippen molar-refractivity contribution in [3.8, 4) is 11.3 Å². The molecular formula is C27H31IN4O3. The number of carbonyl (C=O) groups is 2. The van der Waals surface area contributed by atoms with E-state index in [2.05, 4.69) is 37.9 Å². The Morgan fingerprint density at radius 1 is 1.17 bits per heavy atom. The Balaban J connectivity index is 1.55. The third-order valence-corrected chi connectivity index (χ3v) is 6.59. The number of imidazole rings is 1. The van der Waals surface area contributed by atoms with Gasteiger partial charge in [0.15, 0.2) is 0 Å². The Morgan fingerprint density at radius 3 is 2.57 bits per heavy atom. The van der Waals surface area contributed by atoms with Crippen LogP contribution in [0.25, 0.3) is 11.3 Å². The second-order valence-corrected chi connectivity index (χ2v) is 11.0. The maximum atomic E-state index is 13.8. The van der Waals surface area contributed by atoms with Crippen LogP contribution in [0, 0.1) is 3.57 Å². The lowest BCUT2D eigenvalue weighted by Crippen LogP contribution is -2.50. The second kappa shape index (κ2) is 10.8. The number of likely N-dealkylation sites (tertiary alicyclic amines) is 1. The van der Waals surface area contributed by atoms with Crippen molar-refractivity contribution in [2.75, 3.05) is 6.54 Å². The fraction of sp³-hybridized carbons (Fsp3) is 0.370. The van der Waals surface area contributed by atoms with E-state index in [0.29, 0.717) is 13.0 Å².